The number of benzene rings is 1. The Morgan fingerprint density at radius 3 is 2.62 bits per heavy atom. The third-order valence-corrected chi connectivity index (χ3v) is 3.59. The van der Waals surface area contributed by atoms with Crippen LogP contribution in [0.1, 0.15) is 29.8 Å². The molecule has 0 bridgehead atoms. The lowest BCUT2D eigenvalue weighted by atomic mass is 10.1. The largest absolute Gasteiger partial charge is 0.313 e. The highest BCUT2D eigenvalue weighted by atomic mass is 16.6. The number of aromatic nitrogens is 2. The van der Waals surface area contributed by atoms with E-state index in [4.69, 9.17) is 0 Å². The highest BCUT2D eigenvalue weighted by molar-refractivity contribution is 5.63. The van der Waals surface area contributed by atoms with Gasteiger partial charge in [0, 0.05) is 41.2 Å². The summed E-state index contributed by atoms with van der Waals surface area (Å²) < 4.78 is 0. The standard InChI is InChI=1S/C15H18N4O2/c1-9-5-6-12(19(20)21)7-13(9)15-17-8-14(10(2)16-4)11(3)18-15/h5-8,10,16H,1-4H3. The van der Waals surface area contributed by atoms with Crippen LogP contribution in [0.3, 0.4) is 0 Å². The monoisotopic (exact) mass is 286 g/mol. The molecule has 0 saturated carbocycles. The van der Waals surface area contributed by atoms with Crippen molar-refractivity contribution in [1.29, 1.82) is 0 Å². The second-order valence-electron chi connectivity index (χ2n) is 5.00. The van der Waals surface area contributed by atoms with Gasteiger partial charge in [-0.1, -0.05) is 6.07 Å². The molecule has 2 rings (SSSR count). The summed E-state index contributed by atoms with van der Waals surface area (Å²) in [5, 5.41) is 14.0. The molecule has 0 aliphatic carbocycles. The van der Waals surface area contributed by atoms with E-state index in [1.54, 1.807) is 12.3 Å². The Morgan fingerprint density at radius 2 is 2.05 bits per heavy atom. The second-order valence-corrected chi connectivity index (χ2v) is 5.00. The van der Waals surface area contributed by atoms with Crippen LogP contribution < -0.4 is 5.32 Å². The first-order chi connectivity index (χ1) is 9.93. The van der Waals surface area contributed by atoms with Crippen molar-refractivity contribution in [1.82, 2.24) is 15.3 Å². The molecule has 1 aromatic carbocycles. The van der Waals surface area contributed by atoms with Gasteiger partial charge >= 0.3 is 0 Å². The lowest BCUT2D eigenvalue weighted by Gasteiger charge is -2.13. The Labute approximate surface area is 123 Å². The van der Waals surface area contributed by atoms with Crippen molar-refractivity contribution in [2.24, 2.45) is 0 Å². The minimum atomic E-state index is -0.409. The minimum Gasteiger partial charge on any atom is -0.313 e. The molecule has 0 saturated heterocycles. The van der Waals surface area contributed by atoms with Gasteiger partial charge in [0.1, 0.15) is 0 Å². The first kappa shape index (κ1) is 15.1. The minimum absolute atomic E-state index is 0.0459. The second kappa shape index (κ2) is 5.97. The molecule has 0 aliphatic rings. The first-order valence-electron chi connectivity index (χ1n) is 6.70. The van der Waals surface area contributed by atoms with Gasteiger partial charge in [-0.15, -0.1) is 0 Å². The van der Waals surface area contributed by atoms with Crippen LogP contribution in [0.2, 0.25) is 0 Å². The van der Waals surface area contributed by atoms with Crippen LogP contribution in [0.25, 0.3) is 11.4 Å². The highest BCUT2D eigenvalue weighted by Crippen LogP contribution is 2.26. The highest BCUT2D eigenvalue weighted by Gasteiger charge is 2.14. The molecule has 110 valence electrons. The molecule has 6 nitrogen and oxygen atoms in total. The molecular weight excluding hydrogens is 268 g/mol. The maximum atomic E-state index is 10.9. The fourth-order valence-corrected chi connectivity index (χ4v) is 2.15. The van der Waals surface area contributed by atoms with Crippen molar-refractivity contribution in [2.45, 2.75) is 26.8 Å². The maximum Gasteiger partial charge on any atom is 0.270 e. The fraction of sp³-hybridized carbons (Fsp3) is 0.333. The van der Waals surface area contributed by atoms with Crippen LogP contribution in [0, 0.1) is 24.0 Å². The number of nitrogens with one attached hydrogen (secondary N) is 1. The zero-order valence-electron chi connectivity index (χ0n) is 12.5. The molecule has 1 unspecified atom stereocenters. The Morgan fingerprint density at radius 1 is 1.33 bits per heavy atom. The van der Waals surface area contributed by atoms with E-state index in [9.17, 15) is 10.1 Å². The summed E-state index contributed by atoms with van der Waals surface area (Å²) in [5.74, 6) is 0.515. The third kappa shape index (κ3) is 3.05. The summed E-state index contributed by atoms with van der Waals surface area (Å²) in [6.45, 7) is 5.84. The van der Waals surface area contributed by atoms with Gasteiger partial charge in [-0.05, 0) is 33.4 Å². The van der Waals surface area contributed by atoms with Crippen molar-refractivity contribution in [2.75, 3.05) is 7.05 Å². The summed E-state index contributed by atoms with van der Waals surface area (Å²) >= 11 is 0. The number of rotatable bonds is 4. The number of hydrogen-bond donors (Lipinski definition) is 1. The van der Waals surface area contributed by atoms with Crippen LogP contribution in [0.15, 0.2) is 24.4 Å². The average Bonchev–Trinajstić information content (AvgIpc) is 2.46. The Hall–Kier alpha value is -2.34. The van der Waals surface area contributed by atoms with Crippen molar-refractivity contribution in [3.63, 3.8) is 0 Å². The molecule has 1 aromatic heterocycles. The zero-order valence-corrected chi connectivity index (χ0v) is 12.5. The number of nitro benzene ring substituents is 1. The average molecular weight is 286 g/mol. The molecule has 0 amide bonds. The van der Waals surface area contributed by atoms with Crippen LogP contribution in [0.4, 0.5) is 5.69 Å². The van der Waals surface area contributed by atoms with Crippen LogP contribution in [-0.2, 0) is 0 Å². The Balaban J connectivity index is 2.50. The van der Waals surface area contributed by atoms with E-state index in [1.165, 1.54) is 12.1 Å². The first-order valence-corrected chi connectivity index (χ1v) is 6.70. The van der Waals surface area contributed by atoms with E-state index in [-0.39, 0.29) is 11.7 Å². The van der Waals surface area contributed by atoms with Gasteiger partial charge in [0.2, 0.25) is 0 Å². The topological polar surface area (TPSA) is 81.0 Å². The SMILES string of the molecule is CNC(C)c1cnc(-c2cc([N+](=O)[O-])ccc2C)nc1C. The van der Waals surface area contributed by atoms with Crippen molar-refractivity contribution in [3.05, 3.63) is 51.3 Å². The number of hydrogen-bond acceptors (Lipinski definition) is 5. The Bertz CT molecular complexity index is 685. The molecule has 21 heavy (non-hydrogen) atoms. The van der Waals surface area contributed by atoms with Gasteiger partial charge in [0.15, 0.2) is 5.82 Å². The van der Waals surface area contributed by atoms with Gasteiger partial charge in [-0.2, -0.15) is 0 Å². The predicted octanol–water partition coefficient (Wildman–Crippen LogP) is 2.95. The van der Waals surface area contributed by atoms with Gasteiger partial charge in [-0.25, -0.2) is 9.97 Å². The van der Waals surface area contributed by atoms with Crippen molar-refractivity contribution >= 4 is 5.69 Å². The number of non-ortho nitro benzene ring substituents is 1. The normalized spacial score (nSPS) is 12.2. The van der Waals surface area contributed by atoms with Crippen molar-refractivity contribution in [3.8, 4) is 11.4 Å². The van der Waals surface area contributed by atoms with Gasteiger partial charge < -0.3 is 5.32 Å². The number of nitrogens with zero attached hydrogens (tertiary/aromatic N) is 3. The smallest absolute Gasteiger partial charge is 0.270 e. The molecule has 0 aliphatic heterocycles. The van der Waals surface area contributed by atoms with E-state index in [0.717, 1.165) is 16.8 Å². The third-order valence-electron chi connectivity index (χ3n) is 3.59. The van der Waals surface area contributed by atoms with Gasteiger partial charge in [-0.3, -0.25) is 10.1 Å². The Kier molecular flexibility index (Phi) is 4.28. The van der Waals surface area contributed by atoms with E-state index < -0.39 is 4.92 Å². The summed E-state index contributed by atoms with van der Waals surface area (Å²) in [5.41, 5.74) is 3.53. The number of nitro groups is 1. The summed E-state index contributed by atoms with van der Waals surface area (Å²) in [6, 6.07) is 4.88. The molecule has 1 N–H and O–H groups in total. The summed E-state index contributed by atoms with van der Waals surface area (Å²) in [4.78, 5) is 19.4. The van der Waals surface area contributed by atoms with E-state index in [1.807, 2.05) is 27.8 Å². The van der Waals surface area contributed by atoms with E-state index in [2.05, 4.69) is 15.3 Å². The van der Waals surface area contributed by atoms with Gasteiger partial charge in [0.05, 0.1) is 4.92 Å². The fourth-order valence-electron chi connectivity index (χ4n) is 2.15. The predicted molar refractivity (Wildman–Crippen MR) is 81.1 cm³/mol. The molecule has 1 heterocycles. The van der Waals surface area contributed by atoms with E-state index >= 15 is 0 Å². The molecule has 2 aromatic rings. The molecule has 0 radical (unpaired) electrons. The molecular formula is C15H18N4O2. The van der Waals surface area contributed by atoms with E-state index in [0.29, 0.717) is 11.4 Å². The lowest BCUT2D eigenvalue weighted by molar-refractivity contribution is -0.384. The van der Waals surface area contributed by atoms with Crippen LogP contribution in [-0.4, -0.2) is 21.9 Å². The van der Waals surface area contributed by atoms with Crippen molar-refractivity contribution < 1.29 is 4.92 Å². The quantitative estimate of drug-likeness (QED) is 0.690. The molecule has 6 heteroatoms. The number of aryl methyl sites for hydroxylation is 2. The van der Waals surface area contributed by atoms with Gasteiger partial charge in [0.25, 0.3) is 5.69 Å². The summed E-state index contributed by atoms with van der Waals surface area (Å²) in [6.07, 6.45) is 1.77. The maximum absolute atomic E-state index is 10.9. The molecule has 0 fully saturated rings. The molecule has 1 atom stereocenters. The zero-order chi connectivity index (χ0) is 15.6. The molecule has 0 spiro atoms. The summed E-state index contributed by atoms with van der Waals surface area (Å²) in [7, 11) is 1.88. The lowest BCUT2D eigenvalue weighted by Crippen LogP contribution is -2.15. The van der Waals surface area contributed by atoms with Crippen LogP contribution in [0.5, 0.6) is 0 Å². The van der Waals surface area contributed by atoms with Crippen LogP contribution >= 0.6 is 0 Å².